The summed E-state index contributed by atoms with van der Waals surface area (Å²) in [6.07, 6.45) is 0. The Morgan fingerprint density at radius 3 is 2.72 bits per heavy atom. The predicted octanol–water partition coefficient (Wildman–Crippen LogP) is 0.326. The van der Waals surface area contributed by atoms with E-state index in [1.807, 2.05) is 18.2 Å². The number of nitrogens with zero attached hydrogens (tertiary/aromatic N) is 1. The summed E-state index contributed by atoms with van der Waals surface area (Å²) in [7, 11) is 0. The molecule has 2 aliphatic heterocycles. The lowest BCUT2D eigenvalue weighted by molar-refractivity contribution is -0.124. The minimum atomic E-state index is -0.372. The molecule has 1 aromatic rings. The zero-order valence-electron chi connectivity index (χ0n) is 9.93. The molecule has 1 aromatic carbocycles. The minimum Gasteiger partial charge on any atom is -0.333 e. The van der Waals surface area contributed by atoms with Crippen molar-refractivity contribution in [2.45, 2.75) is 12.6 Å². The highest BCUT2D eigenvalue weighted by atomic mass is 16.2. The molecule has 2 aliphatic rings. The molecule has 18 heavy (non-hydrogen) atoms. The number of carbonyl (C=O) groups excluding carboxylic acids is 2. The van der Waals surface area contributed by atoms with Gasteiger partial charge in [-0.05, 0) is 5.56 Å². The number of urea groups is 1. The molecule has 2 N–H and O–H groups in total. The first-order valence-corrected chi connectivity index (χ1v) is 6.10. The van der Waals surface area contributed by atoms with Crippen LogP contribution in [0.15, 0.2) is 30.3 Å². The number of rotatable bonds is 2. The summed E-state index contributed by atoms with van der Waals surface area (Å²) in [4.78, 5) is 25.1. The average molecular weight is 245 g/mol. The van der Waals surface area contributed by atoms with Crippen LogP contribution in [0.25, 0.3) is 0 Å². The summed E-state index contributed by atoms with van der Waals surface area (Å²) in [6.45, 7) is 2.25. The zero-order valence-corrected chi connectivity index (χ0v) is 9.93. The number of carbonyl (C=O) groups is 2. The quantitative estimate of drug-likeness (QED) is 0.789. The van der Waals surface area contributed by atoms with Crippen molar-refractivity contribution in [1.82, 2.24) is 15.5 Å². The maximum Gasteiger partial charge on any atom is 0.321 e. The third kappa shape index (κ3) is 2.09. The number of hydrogen-bond acceptors (Lipinski definition) is 3. The van der Waals surface area contributed by atoms with Gasteiger partial charge >= 0.3 is 6.03 Å². The molecule has 0 aliphatic carbocycles. The molecule has 0 saturated carbocycles. The summed E-state index contributed by atoms with van der Waals surface area (Å²) >= 11 is 0. The van der Waals surface area contributed by atoms with Gasteiger partial charge in [0.1, 0.15) is 0 Å². The average Bonchev–Trinajstić information content (AvgIpc) is 2.73. The van der Waals surface area contributed by atoms with Crippen LogP contribution in [-0.2, 0) is 11.3 Å². The van der Waals surface area contributed by atoms with E-state index >= 15 is 0 Å². The third-order valence-electron chi connectivity index (χ3n) is 3.53. The van der Waals surface area contributed by atoms with Crippen LogP contribution in [0.5, 0.6) is 0 Å². The van der Waals surface area contributed by atoms with Gasteiger partial charge in [-0.15, -0.1) is 0 Å². The zero-order chi connectivity index (χ0) is 12.5. The van der Waals surface area contributed by atoms with E-state index in [0.717, 1.165) is 13.1 Å². The van der Waals surface area contributed by atoms with Crippen molar-refractivity contribution >= 4 is 11.9 Å². The first-order chi connectivity index (χ1) is 8.72. The van der Waals surface area contributed by atoms with Gasteiger partial charge in [0.2, 0.25) is 5.91 Å². The van der Waals surface area contributed by atoms with E-state index in [1.165, 1.54) is 5.56 Å². The first-order valence-electron chi connectivity index (χ1n) is 6.10. The second-order valence-corrected chi connectivity index (χ2v) is 4.86. The van der Waals surface area contributed by atoms with E-state index in [-0.39, 0.29) is 23.9 Å². The van der Waals surface area contributed by atoms with Gasteiger partial charge in [-0.25, -0.2) is 4.79 Å². The Kier molecular flexibility index (Phi) is 2.76. The van der Waals surface area contributed by atoms with Crippen molar-refractivity contribution < 1.29 is 9.59 Å². The van der Waals surface area contributed by atoms with Crippen molar-refractivity contribution in [3.8, 4) is 0 Å². The van der Waals surface area contributed by atoms with Crippen LogP contribution in [0.4, 0.5) is 4.79 Å². The van der Waals surface area contributed by atoms with Gasteiger partial charge in [-0.2, -0.15) is 0 Å². The Bertz CT molecular complexity index is 474. The van der Waals surface area contributed by atoms with Gasteiger partial charge in [-0.3, -0.25) is 15.0 Å². The van der Waals surface area contributed by atoms with Crippen molar-refractivity contribution in [2.24, 2.45) is 5.92 Å². The molecule has 94 valence electrons. The van der Waals surface area contributed by atoms with Gasteiger partial charge in [-0.1, -0.05) is 30.3 Å². The standard InChI is InChI=1S/C13H15N3O2/c17-12-10-7-16(6-9-4-2-1-3-5-9)8-11(10)14-13(18)15-12/h1-5,10-11H,6-8H2,(H2,14,15,17,18)/t10-,11-/m1/s1. The summed E-state index contributed by atoms with van der Waals surface area (Å²) < 4.78 is 0. The van der Waals surface area contributed by atoms with E-state index in [0.29, 0.717) is 6.54 Å². The van der Waals surface area contributed by atoms with E-state index in [2.05, 4.69) is 27.7 Å². The summed E-state index contributed by atoms with van der Waals surface area (Å²) in [5.41, 5.74) is 1.22. The molecule has 2 heterocycles. The normalized spacial score (nSPS) is 27.6. The highest BCUT2D eigenvalue weighted by Gasteiger charge is 2.42. The number of imide groups is 1. The molecular weight excluding hydrogens is 230 g/mol. The number of hydrogen-bond donors (Lipinski definition) is 2. The highest BCUT2D eigenvalue weighted by molar-refractivity contribution is 5.98. The fraction of sp³-hybridized carbons (Fsp3) is 0.385. The number of likely N-dealkylation sites (tertiary alicyclic amines) is 1. The Balaban J connectivity index is 1.68. The largest absolute Gasteiger partial charge is 0.333 e. The topological polar surface area (TPSA) is 61.4 Å². The monoisotopic (exact) mass is 245 g/mol. The van der Waals surface area contributed by atoms with E-state index in [4.69, 9.17) is 0 Å². The maximum atomic E-state index is 11.7. The van der Waals surface area contributed by atoms with Crippen LogP contribution < -0.4 is 10.6 Å². The number of amides is 3. The molecule has 3 amide bonds. The molecule has 5 nitrogen and oxygen atoms in total. The smallest absolute Gasteiger partial charge is 0.321 e. The molecule has 0 aromatic heterocycles. The van der Waals surface area contributed by atoms with Gasteiger partial charge < -0.3 is 5.32 Å². The molecular formula is C13H15N3O2. The van der Waals surface area contributed by atoms with Gasteiger partial charge in [0, 0.05) is 19.6 Å². The lowest BCUT2D eigenvalue weighted by Gasteiger charge is -2.24. The molecule has 3 rings (SSSR count). The van der Waals surface area contributed by atoms with Gasteiger partial charge in [0.15, 0.2) is 0 Å². The number of nitrogens with one attached hydrogen (secondary N) is 2. The summed E-state index contributed by atoms with van der Waals surface area (Å²) in [5.74, 6) is -0.272. The third-order valence-corrected chi connectivity index (χ3v) is 3.53. The molecule has 2 fully saturated rings. The maximum absolute atomic E-state index is 11.7. The molecule has 0 radical (unpaired) electrons. The van der Waals surface area contributed by atoms with Gasteiger partial charge in [0.05, 0.1) is 12.0 Å². The predicted molar refractivity (Wildman–Crippen MR) is 65.7 cm³/mol. The Morgan fingerprint density at radius 1 is 1.17 bits per heavy atom. The number of fused-ring (bicyclic) bond motifs is 1. The van der Waals surface area contributed by atoms with Crippen molar-refractivity contribution in [3.05, 3.63) is 35.9 Å². The number of benzene rings is 1. The van der Waals surface area contributed by atoms with Crippen molar-refractivity contribution in [2.75, 3.05) is 13.1 Å². The Hall–Kier alpha value is -1.88. The lowest BCUT2D eigenvalue weighted by Crippen LogP contribution is -2.57. The van der Waals surface area contributed by atoms with E-state index in [9.17, 15) is 9.59 Å². The summed E-state index contributed by atoms with van der Waals surface area (Å²) in [6, 6.07) is 9.72. The summed E-state index contributed by atoms with van der Waals surface area (Å²) in [5, 5.41) is 5.13. The second-order valence-electron chi connectivity index (χ2n) is 4.86. The van der Waals surface area contributed by atoms with Crippen molar-refractivity contribution in [1.29, 1.82) is 0 Å². The van der Waals surface area contributed by atoms with Crippen LogP contribution in [0.1, 0.15) is 5.56 Å². The molecule has 0 unspecified atom stereocenters. The van der Waals surface area contributed by atoms with E-state index < -0.39 is 0 Å². The van der Waals surface area contributed by atoms with Crippen LogP contribution in [0.3, 0.4) is 0 Å². The molecule has 0 spiro atoms. The lowest BCUT2D eigenvalue weighted by atomic mass is 10.0. The molecule has 5 heteroatoms. The Morgan fingerprint density at radius 2 is 1.94 bits per heavy atom. The fourth-order valence-corrected chi connectivity index (χ4v) is 2.68. The van der Waals surface area contributed by atoms with Gasteiger partial charge in [0.25, 0.3) is 0 Å². The first kappa shape index (κ1) is 11.2. The minimum absolute atomic E-state index is 0.0463. The van der Waals surface area contributed by atoms with Crippen molar-refractivity contribution in [3.63, 3.8) is 0 Å². The SMILES string of the molecule is O=C1NC(=O)[C@@H]2CN(Cc3ccccc3)C[C@H]2N1. The van der Waals surface area contributed by atoms with Crippen LogP contribution in [-0.4, -0.2) is 36.0 Å². The van der Waals surface area contributed by atoms with Crippen LogP contribution >= 0.6 is 0 Å². The van der Waals surface area contributed by atoms with Crippen LogP contribution in [0.2, 0.25) is 0 Å². The molecule has 0 bridgehead atoms. The highest BCUT2D eigenvalue weighted by Crippen LogP contribution is 2.21. The Labute approximate surface area is 105 Å². The van der Waals surface area contributed by atoms with E-state index in [1.54, 1.807) is 0 Å². The second kappa shape index (κ2) is 4.42. The van der Waals surface area contributed by atoms with Crippen LogP contribution in [0, 0.1) is 5.92 Å². The fourth-order valence-electron chi connectivity index (χ4n) is 2.68. The molecule has 2 atom stereocenters. The molecule has 2 saturated heterocycles.